The zero-order valence-electron chi connectivity index (χ0n) is 12.6. The summed E-state index contributed by atoms with van der Waals surface area (Å²) in [6.45, 7) is 6.10. The summed E-state index contributed by atoms with van der Waals surface area (Å²) in [5, 5.41) is 3.00. The normalized spacial score (nSPS) is 14.8. The Kier molecular flexibility index (Phi) is 9.26. The number of carbonyl (C=O) groups excluding carboxylic acids is 1. The molecule has 0 spiro atoms. The Morgan fingerprint density at radius 2 is 1.85 bits per heavy atom. The molecule has 0 radical (unpaired) electrons. The Morgan fingerprint density at radius 1 is 1.25 bits per heavy atom. The molecule has 4 heteroatoms. The fourth-order valence-electron chi connectivity index (χ4n) is 1.95. The third kappa shape index (κ3) is 6.40. The van der Waals surface area contributed by atoms with Gasteiger partial charge in [0.05, 0.1) is 6.04 Å². The number of aryl methyl sites for hydroxylation is 1. The maximum absolute atomic E-state index is 11.9. The topological polar surface area (TPSA) is 55.1 Å². The van der Waals surface area contributed by atoms with Crippen LogP contribution in [0.3, 0.4) is 0 Å². The van der Waals surface area contributed by atoms with Gasteiger partial charge >= 0.3 is 0 Å². The Morgan fingerprint density at radius 3 is 2.40 bits per heavy atom. The summed E-state index contributed by atoms with van der Waals surface area (Å²) in [7, 11) is 0. The SMILES string of the molecule is CCC(C)C(N)C(=O)NC(C)CCc1ccccc1.Cl. The molecule has 3 N–H and O–H groups in total. The highest BCUT2D eigenvalue weighted by atomic mass is 35.5. The molecule has 0 aromatic heterocycles. The summed E-state index contributed by atoms with van der Waals surface area (Å²) in [6.07, 6.45) is 2.83. The van der Waals surface area contributed by atoms with Crippen molar-refractivity contribution >= 4 is 18.3 Å². The van der Waals surface area contributed by atoms with Crippen LogP contribution in [0, 0.1) is 5.92 Å². The lowest BCUT2D eigenvalue weighted by molar-refractivity contribution is -0.124. The van der Waals surface area contributed by atoms with Crippen molar-refractivity contribution in [3.63, 3.8) is 0 Å². The summed E-state index contributed by atoms with van der Waals surface area (Å²) in [5.74, 6) is 0.191. The monoisotopic (exact) mass is 298 g/mol. The van der Waals surface area contributed by atoms with Crippen molar-refractivity contribution in [3.8, 4) is 0 Å². The summed E-state index contributed by atoms with van der Waals surface area (Å²) in [6, 6.07) is 10.1. The lowest BCUT2D eigenvalue weighted by Crippen LogP contribution is -2.47. The number of nitrogens with one attached hydrogen (secondary N) is 1. The van der Waals surface area contributed by atoms with Crippen molar-refractivity contribution < 1.29 is 4.79 Å². The third-order valence-electron chi connectivity index (χ3n) is 3.66. The first-order valence-corrected chi connectivity index (χ1v) is 7.14. The average Bonchev–Trinajstić information content (AvgIpc) is 2.44. The second-order valence-electron chi connectivity index (χ2n) is 5.35. The molecule has 1 rings (SSSR count). The van der Waals surface area contributed by atoms with E-state index in [9.17, 15) is 4.79 Å². The highest BCUT2D eigenvalue weighted by Crippen LogP contribution is 2.07. The number of hydrogen-bond donors (Lipinski definition) is 2. The molecule has 0 fully saturated rings. The Bertz CT molecular complexity index is 383. The van der Waals surface area contributed by atoms with Crippen LogP contribution in [-0.2, 0) is 11.2 Å². The van der Waals surface area contributed by atoms with Gasteiger partial charge in [0.2, 0.25) is 5.91 Å². The first kappa shape index (κ1) is 18.9. The first-order valence-electron chi connectivity index (χ1n) is 7.14. The minimum absolute atomic E-state index is 0. The first-order chi connectivity index (χ1) is 9.04. The van der Waals surface area contributed by atoms with Crippen molar-refractivity contribution in [2.24, 2.45) is 11.7 Å². The summed E-state index contributed by atoms with van der Waals surface area (Å²) >= 11 is 0. The van der Waals surface area contributed by atoms with Crippen LogP contribution < -0.4 is 11.1 Å². The fourth-order valence-corrected chi connectivity index (χ4v) is 1.95. The highest BCUT2D eigenvalue weighted by Gasteiger charge is 2.20. The van der Waals surface area contributed by atoms with Gasteiger partial charge in [-0.2, -0.15) is 0 Å². The second kappa shape index (κ2) is 9.78. The average molecular weight is 299 g/mol. The van der Waals surface area contributed by atoms with Crippen LogP contribution in [-0.4, -0.2) is 18.0 Å². The molecule has 3 unspecified atom stereocenters. The summed E-state index contributed by atoms with van der Waals surface area (Å²) < 4.78 is 0. The minimum atomic E-state index is -0.399. The van der Waals surface area contributed by atoms with Gasteiger partial charge in [-0.25, -0.2) is 0 Å². The van der Waals surface area contributed by atoms with Crippen molar-refractivity contribution in [1.29, 1.82) is 0 Å². The maximum Gasteiger partial charge on any atom is 0.237 e. The van der Waals surface area contributed by atoms with Gasteiger partial charge in [0.25, 0.3) is 0 Å². The van der Waals surface area contributed by atoms with Crippen molar-refractivity contribution in [2.75, 3.05) is 0 Å². The van der Waals surface area contributed by atoms with Gasteiger partial charge in [-0.15, -0.1) is 12.4 Å². The van der Waals surface area contributed by atoms with Gasteiger partial charge in [-0.1, -0.05) is 50.6 Å². The van der Waals surface area contributed by atoms with Crippen molar-refractivity contribution in [1.82, 2.24) is 5.32 Å². The number of hydrogen-bond acceptors (Lipinski definition) is 2. The van der Waals surface area contributed by atoms with E-state index < -0.39 is 6.04 Å². The number of benzene rings is 1. The molecule has 114 valence electrons. The summed E-state index contributed by atoms with van der Waals surface area (Å²) in [4.78, 5) is 11.9. The number of amides is 1. The predicted molar refractivity (Wildman–Crippen MR) is 87.0 cm³/mol. The fraction of sp³-hybridized carbons (Fsp3) is 0.562. The van der Waals surface area contributed by atoms with Crippen LogP contribution in [0.15, 0.2) is 30.3 Å². The molecule has 3 nitrogen and oxygen atoms in total. The van der Waals surface area contributed by atoms with Crippen molar-refractivity contribution in [3.05, 3.63) is 35.9 Å². The molecule has 0 heterocycles. The maximum atomic E-state index is 11.9. The molecule has 1 aromatic rings. The van der Waals surface area contributed by atoms with Gasteiger partial charge in [-0.3, -0.25) is 4.79 Å². The molecular weight excluding hydrogens is 272 g/mol. The van der Waals surface area contributed by atoms with E-state index in [-0.39, 0.29) is 30.3 Å². The molecule has 0 aliphatic heterocycles. The van der Waals surface area contributed by atoms with E-state index in [0.29, 0.717) is 0 Å². The number of carbonyl (C=O) groups is 1. The largest absolute Gasteiger partial charge is 0.352 e. The molecule has 0 saturated heterocycles. The van der Waals surface area contributed by atoms with E-state index in [1.165, 1.54) is 5.56 Å². The van der Waals surface area contributed by atoms with Crippen LogP contribution in [0.5, 0.6) is 0 Å². The lowest BCUT2D eigenvalue weighted by atomic mass is 9.99. The van der Waals surface area contributed by atoms with Gasteiger partial charge in [-0.05, 0) is 31.2 Å². The van der Waals surface area contributed by atoms with E-state index >= 15 is 0 Å². The zero-order chi connectivity index (χ0) is 14.3. The second-order valence-corrected chi connectivity index (χ2v) is 5.35. The Balaban J connectivity index is 0.00000361. The third-order valence-corrected chi connectivity index (χ3v) is 3.66. The number of halogens is 1. The molecule has 0 saturated carbocycles. The molecule has 1 amide bonds. The number of nitrogens with two attached hydrogens (primary N) is 1. The van der Waals surface area contributed by atoms with Gasteiger partial charge < -0.3 is 11.1 Å². The molecular formula is C16H27ClN2O. The van der Waals surface area contributed by atoms with Crippen LogP contribution in [0.2, 0.25) is 0 Å². The van der Waals surface area contributed by atoms with Crippen LogP contribution >= 0.6 is 12.4 Å². The molecule has 3 atom stereocenters. The molecule has 0 aliphatic carbocycles. The number of rotatable bonds is 7. The Hall–Kier alpha value is -1.06. The van der Waals surface area contributed by atoms with E-state index in [1.807, 2.05) is 32.0 Å². The van der Waals surface area contributed by atoms with E-state index in [4.69, 9.17) is 5.73 Å². The summed E-state index contributed by atoms with van der Waals surface area (Å²) in [5.41, 5.74) is 7.22. The molecule has 0 bridgehead atoms. The molecule has 1 aromatic carbocycles. The standard InChI is InChI=1S/C16H26N2O.ClH/c1-4-12(2)15(17)16(19)18-13(3)10-11-14-8-6-5-7-9-14;/h5-9,12-13,15H,4,10-11,17H2,1-3H3,(H,18,19);1H. The van der Waals surface area contributed by atoms with Gasteiger partial charge in [0.15, 0.2) is 0 Å². The van der Waals surface area contributed by atoms with Crippen LogP contribution in [0.1, 0.15) is 39.2 Å². The van der Waals surface area contributed by atoms with Crippen LogP contribution in [0.4, 0.5) is 0 Å². The minimum Gasteiger partial charge on any atom is -0.352 e. The molecule has 20 heavy (non-hydrogen) atoms. The highest BCUT2D eigenvalue weighted by molar-refractivity contribution is 5.85. The smallest absolute Gasteiger partial charge is 0.237 e. The zero-order valence-corrected chi connectivity index (χ0v) is 13.5. The Labute approximate surface area is 128 Å². The van der Waals surface area contributed by atoms with E-state index in [1.54, 1.807) is 0 Å². The quantitative estimate of drug-likeness (QED) is 0.813. The van der Waals surface area contributed by atoms with Crippen LogP contribution in [0.25, 0.3) is 0 Å². The van der Waals surface area contributed by atoms with Gasteiger partial charge in [0.1, 0.15) is 0 Å². The van der Waals surface area contributed by atoms with Gasteiger partial charge in [0, 0.05) is 6.04 Å². The van der Waals surface area contributed by atoms with E-state index in [2.05, 4.69) is 24.4 Å². The predicted octanol–water partition coefficient (Wildman–Crippen LogP) is 2.92. The van der Waals surface area contributed by atoms with Crippen molar-refractivity contribution in [2.45, 2.75) is 52.1 Å². The van der Waals surface area contributed by atoms with E-state index in [0.717, 1.165) is 19.3 Å². The molecule has 0 aliphatic rings. The lowest BCUT2D eigenvalue weighted by Gasteiger charge is -2.21.